The Balaban J connectivity index is 2.68. The molecule has 5 nitrogen and oxygen atoms in total. The maximum Gasteiger partial charge on any atom is 0.325 e. The van der Waals surface area contributed by atoms with Crippen molar-refractivity contribution < 1.29 is 19.4 Å². The Morgan fingerprint density at radius 2 is 2.00 bits per heavy atom. The quantitative estimate of drug-likeness (QED) is 0.889. The number of hydrogen-bond acceptors (Lipinski definition) is 4. The molecule has 1 aliphatic rings. The van der Waals surface area contributed by atoms with Crippen LogP contribution in [-0.2, 0) is 4.79 Å². The summed E-state index contributed by atoms with van der Waals surface area (Å²) in [6.07, 6.45) is 0. The van der Waals surface area contributed by atoms with Crippen LogP contribution in [0.3, 0.4) is 0 Å². The summed E-state index contributed by atoms with van der Waals surface area (Å²) in [4.78, 5) is 11.2. The highest BCUT2D eigenvalue weighted by atomic mass is 79.9. The number of aliphatic carboxylic acids is 1. The average molecular weight is 330 g/mol. The first kappa shape index (κ1) is 14.1. The van der Waals surface area contributed by atoms with Gasteiger partial charge < -0.3 is 20.3 Å². The van der Waals surface area contributed by atoms with Gasteiger partial charge in [0, 0.05) is 15.6 Å². The number of carbonyl (C=O) groups is 1. The topological polar surface area (TPSA) is 81.8 Å². The largest absolute Gasteiger partial charge is 0.486 e. The van der Waals surface area contributed by atoms with E-state index < -0.39 is 12.0 Å². The van der Waals surface area contributed by atoms with Gasteiger partial charge in [-0.15, -0.1) is 0 Å². The summed E-state index contributed by atoms with van der Waals surface area (Å²) >= 11 is 3.38. The second-order valence-electron chi connectivity index (χ2n) is 4.68. The maximum atomic E-state index is 11.2. The molecule has 0 radical (unpaired) electrons. The van der Waals surface area contributed by atoms with Gasteiger partial charge in [0.15, 0.2) is 11.5 Å². The normalized spacial score (nSPS) is 15.4. The highest BCUT2D eigenvalue weighted by Gasteiger charge is 2.29. The van der Waals surface area contributed by atoms with Gasteiger partial charge in [-0.25, -0.2) is 0 Å². The third-order valence-corrected chi connectivity index (χ3v) is 3.67. The van der Waals surface area contributed by atoms with Crippen molar-refractivity contribution in [1.82, 2.24) is 0 Å². The Kier molecular flexibility index (Phi) is 4.01. The van der Waals surface area contributed by atoms with Crippen LogP contribution in [0, 0.1) is 0 Å². The van der Waals surface area contributed by atoms with Crippen LogP contribution < -0.4 is 15.2 Å². The first-order valence-corrected chi connectivity index (χ1v) is 6.83. The predicted molar refractivity (Wildman–Crippen MR) is 73.8 cm³/mol. The van der Waals surface area contributed by atoms with E-state index in [0.717, 1.165) is 5.56 Å². The van der Waals surface area contributed by atoms with Crippen LogP contribution >= 0.6 is 15.9 Å². The summed E-state index contributed by atoms with van der Waals surface area (Å²) in [7, 11) is 0. The maximum absolute atomic E-state index is 11.2. The zero-order chi connectivity index (χ0) is 14.2. The molecule has 1 aliphatic heterocycles. The van der Waals surface area contributed by atoms with Crippen LogP contribution in [0.25, 0.3) is 0 Å². The number of hydrogen-bond donors (Lipinski definition) is 2. The number of fused-ring (bicyclic) bond motifs is 1. The van der Waals surface area contributed by atoms with Crippen molar-refractivity contribution in [3.8, 4) is 11.5 Å². The van der Waals surface area contributed by atoms with Crippen molar-refractivity contribution in [1.29, 1.82) is 0 Å². The summed E-state index contributed by atoms with van der Waals surface area (Å²) in [5.41, 5.74) is 7.12. The molecule has 0 spiro atoms. The van der Waals surface area contributed by atoms with E-state index in [2.05, 4.69) is 15.9 Å². The monoisotopic (exact) mass is 329 g/mol. The summed E-state index contributed by atoms with van der Waals surface area (Å²) in [5.74, 6) is 0.243. The van der Waals surface area contributed by atoms with Gasteiger partial charge in [-0.2, -0.15) is 0 Å². The molecular weight excluding hydrogens is 314 g/mol. The molecule has 6 heteroatoms. The Morgan fingerprint density at radius 3 is 2.58 bits per heavy atom. The molecule has 0 fully saturated rings. The minimum absolute atomic E-state index is 0.0772. The van der Waals surface area contributed by atoms with Crippen LogP contribution in [0.2, 0.25) is 0 Å². The Bertz CT molecular complexity index is 516. The number of carboxylic acid groups (broad SMARTS) is 1. The SMILES string of the molecule is CC(C)c1c2c(cc(Br)c1C(N)C(=O)O)OCCO2. The summed E-state index contributed by atoms with van der Waals surface area (Å²) in [6.45, 7) is 4.88. The lowest BCUT2D eigenvalue weighted by molar-refractivity contribution is -0.138. The number of ether oxygens (including phenoxy) is 2. The molecule has 1 aromatic rings. The van der Waals surface area contributed by atoms with Gasteiger partial charge in [-0.05, 0) is 12.0 Å². The second-order valence-corrected chi connectivity index (χ2v) is 5.53. The lowest BCUT2D eigenvalue weighted by atomic mass is 9.91. The van der Waals surface area contributed by atoms with Gasteiger partial charge in [-0.1, -0.05) is 29.8 Å². The molecule has 1 unspecified atom stereocenters. The molecule has 1 atom stereocenters. The summed E-state index contributed by atoms with van der Waals surface area (Å²) < 4.78 is 11.8. The molecule has 3 N–H and O–H groups in total. The lowest BCUT2D eigenvalue weighted by Gasteiger charge is -2.27. The van der Waals surface area contributed by atoms with Gasteiger partial charge in [0.1, 0.15) is 19.3 Å². The van der Waals surface area contributed by atoms with Gasteiger partial charge in [0.05, 0.1) is 0 Å². The third-order valence-electron chi connectivity index (χ3n) is 3.02. The second kappa shape index (κ2) is 5.38. The molecule has 1 aromatic carbocycles. The highest BCUT2D eigenvalue weighted by molar-refractivity contribution is 9.10. The first-order valence-electron chi connectivity index (χ1n) is 6.03. The summed E-state index contributed by atoms with van der Waals surface area (Å²) in [5, 5.41) is 9.15. The molecule has 2 rings (SSSR count). The van der Waals surface area contributed by atoms with Gasteiger partial charge in [0.2, 0.25) is 0 Å². The molecule has 19 heavy (non-hydrogen) atoms. The van der Waals surface area contributed by atoms with Crippen LogP contribution in [0.5, 0.6) is 11.5 Å². The smallest absolute Gasteiger partial charge is 0.325 e. The Hall–Kier alpha value is -1.27. The van der Waals surface area contributed by atoms with E-state index >= 15 is 0 Å². The van der Waals surface area contributed by atoms with Gasteiger partial charge >= 0.3 is 5.97 Å². The molecule has 0 amide bonds. The van der Waals surface area contributed by atoms with Crippen LogP contribution in [0.15, 0.2) is 10.5 Å². The molecule has 0 aliphatic carbocycles. The van der Waals surface area contributed by atoms with Crippen molar-refractivity contribution in [3.05, 3.63) is 21.7 Å². The van der Waals surface area contributed by atoms with Crippen molar-refractivity contribution in [2.45, 2.75) is 25.8 Å². The zero-order valence-electron chi connectivity index (χ0n) is 10.8. The van der Waals surface area contributed by atoms with Crippen LogP contribution in [0.1, 0.15) is 36.9 Å². The highest BCUT2D eigenvalue weighted by Crippen LogP contribution is 2.45. The van der Waals surface area contributed by atoms with Crippen molar-refractivity contribution >= 4 is 21.9 Å². The standard InChI is InChI=1S/C13H16BrNO4/c1-6(2)9-10(11(15)13(16)17)7(14)5-8-12(9)19-4-3-18-8/h5-6,11H,3-4,15H2,1-2H3,(H,16,17). The third kappa shape index (κ3) is 2.55. The lowest BCUT2D eigenvalue weighted by Crippen LogP contribution is -2.25. The van der Waals surface area contributed by atoms with E-state index in [1.165, 1.54) is 0 Å². The minimum atomic E-state index is -1.09. The van der Waals surface area contributed by atoms with E-state index in [9.17, 15) is 4.79 Å². The van der Waals surface area contributed by atoms with E-state index in [4.69, 9.17) is 20.3 Å². The van der Waals surface area contributed by atoms with E-state index in [1.54, 1.807) is 6.07 Å². The van der Waals surface area contributed by atoms with Crippen LogP contribution in [0.4, 0.5) is 0 Å². The van der Waals surface area contributed by atoms with Gasteiger partial charge in [-0.3, -0.25) is 4.79 Å². The fraction of sp³-hybridized carbons (Fsp3) is 0.462. The predicted octanol–water partition coefficient (Wildman–Crippen LogP) is 2.43. The fourth-order valence-electron chi connectivity index (χ4n) is 2.21. The van der Waals surface area contributed by atoms with E-state index in [0.29, 0.717) is 34.7 Å². The number of nitrogens with two attached hydrogens (primary N) is 1. The first-order chi connectivity index (χ1) is 8.93. The molecule has 1 heterocycles. The average Bonchev–Trinajstić information content (AvgIpc) is 2.35. The molecule has 0 bridgehead atoms. The Morgan fingerprint density at radius 1 is 1.37 bits per heavy atom. The van der Waals surface area contributed by atoms with E-state index in [1.807, 2.05) is 13.8 Å². The molecule has 0 aromatic heterocycles. The van der Waals surface area contributed by atoms with Crippen molar-refractivity contribution in [2.75, 3.05) is 13.2 Å². The van der Waals surface area contributed by atoms with Crippen molar-refractivity contribution in [2.24, 2.45) is 5.73 Å². The zero-order valence-corrected chi connectivity index (χ0v) is 12.4. The number of rotatable bonds is 3. The van der Waals surface area contributed by atoms with Crippen molar-refractivity contribution in [3.63, 3.8) is 0 Å². The summed E-state index contributed by atoms with van der Waals surface area (Å²) in [6, 6.07) is 0.626. The molecular formula is C13H16BrNO4. The number of benzene rings is 1. The number of halogens is 1. The Labute approximate surface area is 119 Å². The van der Waals surface area contributed by atoms with Crippen LogP contribution in [-0.4, -0.2) is 24.3 Å². The number of carboxylic acids is 1. The van der Waals surface area contributed by atoms with Gasteiger partial charge in [0.25, 0.3) is 0 Å². The molecule has 104 valence electrons. The fourth-order valence-corrected chi connectivity index (χ4v) is 2.87. The minimum Gasteiger partial charge on any atom is -0.486 e. The van der Waals surface area contributed by atoms with E-state index in [-0.39, 0.29) is 5.92 Å². The molecule has 0 saturated heterocycles. The molecule has 0 saturated carbocycles.